The Morgan fingerprint density at radius 3 is 1.38 bits per heavy atom. The molecule has 0 fully saturated rings. The van der Waals surface area contributed by atoms with E-state index in [0.717, 1.165) is 33.3 Å². The third-order valence-corrected chi connectivity index (χ3v) is 11.3. The smallest absolute Gasteiger partial charge is 0.423 e. The van der Waals surface area contributed by atoms with Gasteiger partial charge in [0.25, 0.3) is 20.2 Å². The highest BCUT2D eigenvalue weighted by molar-refractivity contribution is 9.10. The fourth-order valence-electron chi connectivity index (χ4n) is 5.13. The molecule has 18 heteroatoms. The van der Waals surface area contributed by atoms with Crippen molar-refractivity contribution in [2.75, 3.05) is 0 Å². The van der Waals surface area contributed by atoms with E-state index in [1.165, 1.54) is 24.3 Å². The molecule has 0 aliphatic rings. The van der Waals surface area contributed by atoms with E-state index >= 15 is 0 Å². The Morgan fingerprint density at radius 1 is 0.534 bits per heavy atom. The van der Waals surface area contributed by atoms with Gasteiger partial charge in [-0.25, -0.2) is 0 Å². The van der Waals surface area contributed by atoms with Gasteiger partial charge in [-0.2, -0.15) is 16.8 Å². The van der Waals surface area contributed by atoms with Crippen LogP contribution in [0.25, 0.3) is 11.1 Å². The number of halogens is 3. The SMILES string of the molecule is O=C(c1ccc(-c2cccc(CO)c2)cc1)c1ccc(Cl)c(S(=O)(=O)O)c1.O=C(c1ccc(Br)cc1)c1ccc(Cl)c(S(=O)(=O)O)c1.OCc1cccc(B(O)O)c1. The van der Waals surface area contributed by atoms with Crippen LogP contribution < -0.4 is 5.46 Å². The third-order valence-electron chi connectivity index (χ3n) is 8.07. The lowest BCUT2D eigenvalue weighted by molar-refractivity contribution is 0.103. The van der Waals surface area contributed by atoms with Gasteiger partial charge in [0.2, 0.25) is 0 Å². The van der Waals surface area contributed by atoms with Gasteiger partial charge in [0.1, 0.15) is 9.79 Å². The summed E-state index contributed by atoms with van der Waals surface area (Å²) in [6, 6.07) is 34.8. The highest BCUT2D eigenvalue weighted by atomic mass is 79.9. The normalized spacial score (nSPS) is 11.1. The Kier molecular flexibility index (Phi) is 16.2. The average molecular weight is 930 g/mol. The molecule has 0 aliphatic carbocycles. The van der Waals surface area contributed by atoms with Crippen molar-refractivity contribution in [3.63, 3.8) is 0 Å². The standard InChI is InChI=1S/C20H15ClO5S.C13H8BrClO4S.C7H9BO3/c21-18-9-8-17(11-19(18)27(24,25)26)20(23)15-6-4-14(5-7-15)16-3-1-2-13(10-16)12-22;14-10-4-1-8(2-5-10)13(16)9-3-6-11(15)12(7-9)20(17,18)19;9-5-6-2-1-3-7(4-6)8(10)11/h1-11,22H,12H2,(H,24,25,26);1-7H,(H,17,18,19);1-4,9-11H,5H2. The van der Waals surface area contributed by atoms with Crippen molar-refractivity contribution < 1.29 is 55.8 Å². The van der Waals surface area contributed by atoms with Gasteiger partial charge in [-0.1, -0.05) is 106 Å². The zero-order valence-corrected chi connectivity index (χ0v) is 34.5. The molecule has 0 heterocycles. The molecule has 6 rings (SSSR count). The van der Waals surface area contributed by atoms with E-state index in [-0.39, 0.29) is 40.2 Å². The molecule has 0 radical (unpaired) electrons. The molecule has 0 unspecified atom stereocenters. The van der Waals surface area contributed by atoms with Crippen LogP contribution in [0.1, 0.15) is 43.0 Å². The minimum Gasteiger partial charge on any atom is -0.423 e. The molecule has 6 aromatic rings. The summed E-state index contributed by atoms with van der Waals surface area (Å²) in [5.41, 5.74) is 4.62. The first-order valence-electron chi connectivity index (χ1n) is 16.6. The Labute approximate surface area is 352 Å². The number of benzene rings is 6. The lowest BCUT2D eigenvalue weighted by Gasteiger charge is -2.07. The summed E-state index contributed by atoms with van der Waals surface area (Å²) in [6.07, 6.45) is 0. The van der Waals surface area contributed by atoms with Gasteiger partial charge in [-0.05, 0) is 94.4 Å². The Bertz CT molecular complexity index is 2640. The minimum atomic E-state index is -4.53. The van der Waals surface area contributed by atoms with Crippen molar-refractivity contribution in [2.45, 2.75) is 23.0 Å². The van der Waals surface area contributed by atoms with E-state index < -0.39 is 42.9 Å². The highest BCUT2D eigenvalue weighted by Crippen LogP contribution is 2.27. The lowest BCUT2D eigenvalue weighted by Crippen LogP contribution is -2.29. The monoisotopic (exact) mass is 928 g/mol. The van der Waals surface area contributed by atoms with Crippen molar-refractivity contribution in [3.05, 3.63) is 181 Å². The van der Waals surface area contributed by atoms with Crippen LogP contribution in [0.3, 0.4) is 0 Å². The summed E-state index contributed by atoms with van der Waals surface area (Å²) in [4.78, 5) is 23.9. The number of rotatable bonds is 10. The van der Waals surface area contributed by atoms with Crippen LogP contribution in [-0.2, 0) is 33.5 Å². The van der Waals surface area contributed by atoms with Crippen LogP contribution in [0.15, 0.2) is 148 Å². The van der Waals surface area contributed by atoms with E-state index in [9.17, 15) is 36.1 Å². The number of ketones is 2. The molecule has 0 aliphatic heterocycles. The number of aliphatic hydroxyl groups is 2. The molecular weight excluding hydrogens is 898 g/mol. The van der Waals surface area contributed by atoms with E-state index in [0.29, 0.717) is 22.2 Å². The summed E-state index contributed by atoms with van der Waals surface area (Å²) >= 11 is 14.7. The number of carbonyl (C=O) groups excluding carboxylic acids is 2. The molecule has 6 N–H and O–H groups in total. The summed E-state index contributed by atoms with van der Waals surface area (Å²) in [5, 5.41) is 35.1. The zero-order valence-electron chi connectivity index (χ0n) is 29.8. The second-order valence-electron chi connectivity index (χ2n) is 12.1. The maximum Gasteiger partial charge on any atom is 0.488 e. The van der Waals surface area contributed by atoms with Crippen LogP contribution in [0, 0.1) is 0 Å². The third kappa shape index (κ3) is 12.7. The second-order valence-corrected chi connectivity index (χ2v) is 16.6. The minimum absolute atomic E-state index is 0.0585. The molecule has 0 amide bonds. The van der Waals surface area contributed by atoms with Crippen molar-refractivity contribution in [3.8, 4) is 11.1 Å². The first-order chi connectivity index (χ1) is 27.3. The van der Waals surface area contributed by atoms with Crippen LogP contribution in [0.5, 0.6) is 0 Å². The Balaban J connectivity index is 0.000000210. The molecule has 6 aromatic carbocycles. The van der Waals surface area contributed by atoms with Crippen molar-refractivity contribution >= 4 is 83.5 Å². The molecule has 300 valence electrons. The molecule has 0 saturated heterocycles. The highest BCUT2D eigenvalue weighted by Gasteiger charge is 2.20. The van der Waals surface area contributed by atoms with Crippen molar-refractivity contribution in [2.24, 2.45) is 0 Å². The summed E-state index contributed by atoms with van der Waals surface area (Å²) < 4.78 is 64.1. The second kappa shape index (κ2) is 20.4. The fourth-order valence-corrected chi connectivity index (χ4v) is 7.40. The van der Waals surface area contributed by atoms with Crippen molar-refractivity contribution in [1.29, 1.82) is 0 Å². The van der Waals surface area contributed by atoms with Crippen LogP contribution >= 0.6 is 39.1 Å². The molecule has 0 bridgehead atoms. The van der Waals surface area contributed by atoms with Gasteiger partial charge in [-0.3, -0.25) is 18.7 Å². The predicted octanol–water partition coefficient (Wildman–Crippen LogP) is 6.42. The van der Waals surface area contributed by atoms with Gasteiger partial charge in [0, 0.05) is 26.7 Å². The Morgan fingerprint density at radius 2 is 0.948 bits per heavy atom. The van der Waals surface area contributed by atoms with E-state index in [2.05, 4.69) is 15.9 Å². The molecule has 0 atom stereocenters. The van der Waals surface area contributed by atoms with E-state index in [1.54, 1.807) is 72.8 Å². The summed E-state index contributed by atoms with van der Waals surface area (Å²) in [5.74, 6) is -0.758. The molecule has 0 aromatic heterocycles. The van der Waals surface area contributed by atoms with Gasteiger partial charge in [0.05, 0.1) is 23.3 Å². The van der Waals surface area contributed by atoms with Gasteiger partial charge < -0.3 is 20.3 Å². The van der Waals surface area contributed by atoms with Gasteiger partial charge in [-0.15, -0.1) is 0 Å². The van der Waals surface area contributed by atoms with Crippen molar-refractivity contribution in [1.82, 2.24) is 0 Å². The molecule has 0 spiro atoms. The maximum absolute atomic E-state index is 12.6. The topological polar surface area (TPSA) is 224 Å². The number of carbonyl (C=O) groups is 2. The summed E-state index contributed by atoms with van der Waals surface area (Å²) in [6.45, 7) is -0.141. The van der Waals surface area contributed by atoms with Gasteiger partial charge in [0.15, 0.2) is 11.6 Å². The molecule has 12 nitrogen and oxygen atoms in total. The average Bonchev–Trinajstić information content (AvgIpc) is 3.20. The van der Waals surface area contributed by atoms with Crippen LogP contribution in [-0.4, -0.2) is 64.9 Å². The van der Waals surface area contributed by atoms with Crippen LogP contribution in [0.2, 0.25) is 10.0 Å². The molecule has 58 heavy (non-hydrogen) atoms. The number of aliphatic hydroxyl groups excluding tert-OH is 2. The predicted molar refractivity (Wildman–Crippen MR) is 224 cm³/mol. The van der Waals surface area contributed by atoms with E-state index in [4.69, 9.17) is 42.9 Å². The molecule has 0 saturated carbocycles. The lowest BCUT2D eigenvalue weighted by atomic mass is 9.80. The summed E-state index contributed by atoms with van der Waals surface area (Å²) in [7, 11) is -10.5. The quantitative estimate of drug-likeness (QED) is 0.0498. The zero-order chi connectivity index (χ0) is 42.8. The van der Waals surface area contributed by atoms with E-state index in [1.807, 2.05) is 24.3 Å². The largest absolute Gasteiger partial charge is 0.488 e. The fraction of sp³-hybridized carbons (Fsp3) is 0.0500. The first-order valence-corrected chi connectivity index (χ1v) is 21.0. The van der Waals surface area contributed by atoms with Gasteiger partial charge >= 0.3 is 7.12 Å². The maximum atomic E-state index is 12.6. The van der Waals surface area contributed by atoms with Crippen LogP contribution in [0.4, 0.5) is 0 Å². The number of hydrogen-bond acceptors (Lipinski definition) is 10. The molecular formula is C40H32BBrCl2O12S2. The Hall–Kier alpha value is -4.56. The first kappa shape index (κ1) is 46.1. The number of hydrogen-bond donors (Lipinski definition) is 6.